The molecule has 1 aliphatic rings. The van der Waals surface area contributed by atoms with Gasteiger partial charge in [-0.15, -0.1) is 0 Å². The summed E-state index contributed by atoms with van der Waals surface area (Å²) in [5.74, 6) is 0. The van der Waals surface area contributed by atoms with E-state index in [0.29, 0.717) is 0 Å². The van der Waals surface area contributed by atoms with Gasteiger partial charge in [-0.05, 0) is 38.9 Å². The molecule has 0 aromatic carbocycles. The normalized spacial score (nSPS) is 19.9. The van der Waals surface area contributed by atoms with E-state index < -0.39 is 0 Å². The first-order valence-electron chi connectivity index (χ1n) is 6.18. The molecule has 1 saturated heterocycles. The summed E-state index contributed by atoms with van der Waals surface area (Å²) in [6, 6.07) is 0. The molecule has 0 unspecified atom stereocenters. The van der Waals surface area contributed by atoms with Crippen LogP contribution < -0.4 is 11.1 Å². The van der Waals surface area contributed by atoms with Crippen molar-refractivity contribution in [3.05, 3.63) is 18.2 Å². The molecule has 2 heterocycles. The zero-order valence-electron chi connectivity index (χ0n) is 10.1. The maximum atomic E-state index is 5.56. The van der Waals surface area contributed by atoms with Gasteiger partial charge in [-0.3, -0.25) is 0 Å². The van der Waals surface area contributed by atoms with Crippen LogP contribution in [0.15, 0.2) is 12.5 Å². The largest absolute Gasteiger partial charge is 0.334 e. The van der Waals surface area contributed by atoms with Crippen molar-refractivity contribution in [1.82, 2.24) is 14.9 Å². The van der Waals surface area contributed by atoms with E-state index in [0.717, 1.165) is 32.6 Å². The molecule has 0 bridgehead atoms. The Bertz CT molecular complexity index is 326. The molecule has 0 aliphatic carbocycles. The summed E-state index contributed by atoms with van der Waals surface area (Å²) >= 11 is 0. The summed E-state index contributed by atoms with van der Waals surface area (Å²) in [5.41, 5.74) is 7.23. The molecular weight excluding hydrogens is 200 g/mol. The molecule has 0 amide bonds. The highest BCUT2D eigenvalue weighted by atomic mass is 15.1. The van der Waals surface area contributed by atoms with Gasteiger partial charge in [0, 0.05) is 23.9 Å². The van der Waals surface area contributed by atoms with Crippen LogP contribution in [-0.4, -0.2) is 29.2 Å². The number of hydrogen-bond donors (Lipinski definition) is 2. The smallest absolute Gasteiger partial charge is 0.0948 e. The van der Waals surface area contributed by atoms with Crippen LogP contribution in [0.1, 0.15) is 31.9 Å². The average Bonchev–Trinajstić information content (AvgIpc) is 2.76. The van der Waals surface area contributed by atoms with E-state index in [1.807, 2.05) is 12.5 Å². The molecule has 2 rings (SSSR count). The van der Waals surface area contributed by atoms with E-state index >= 15 is 0 Å². The minimum Gasteiger partial charge on any atom is -0.334 e. The fourth-order valence-corrected chi connectivity index (χ4v) is 2.50. The Morgan fingerprint density at radius 3 is 2.94 bits per heavy atom. The lowest BCUT2D eigenvalue weighted by molar-refractivity contribution is 0.316. The zero-order chi connectivity index (χ0) is 11.4. The first-order chi connectivity index (χ1) is 7.76. The number of aromatic nitrogens is 2. The molecule has 0 atom stereocenters. The Balaban J connectivity index is 2.15. The van der Waals surface area contributed by atoms with Gasteiger partial charge in [0.15, 0.2) is 0 Å². The van der Waals surface area contributed by atoms with Crippen LogP contribution in [0, 0.1) is 0 Å². The number of nitrogens with one attached hydrogen (secondary N) is 1. The van der Waals surface area contributed by atoms with E-state index in [1.165, 1.54) is 18.5 Å². The molecule has 0 radical (unpaired) electrons. The third-order valence-corrected chi connectivity index (χ3v) is 3.64. The number of nitrogens with zero attached hydrogens (tertiary/aromatic N) is 2. The van der Waals surface area contributed by atoms with Gasteiger partial charge in [0.25, 0.3) is 0 Å². The maximum Gasteiger partial charge on any atom is 0.0948 e. The fraction of sp³-hybridized carbons (Fsp3) is 0.750. The lowest BCUT2D eigenvalue weighted by atomic mass is 9.78. The van der Waals surface area contributed by atoms with Crippen molar-refractivity contribution in [2.75, 3.05) is 19.6 Å². The SMILES string of the molecule is CC1(c2cncn2CCCN)CCNCC1. The molecule has 0 saturated carbocycles. The molecule has 1 fully saturated rings. The Labute approximate surface area is 97.2 Å². The van der Waals surface area contributed by atoms with Crippen LogP contribution in [-0.2, 0) is 12.0 Å². The number of aryl methyl sites for hydroxylation is 1. The monoisotopic (exact) mass is 222 g/mol. The highest BCUT2D eigenvalue weighted by Crippen LogP contribution is 2.32. The van der Waals surface area contributed by atoms with Crippen molar-refractivity contribution in [2.45, 2.75) is 38.1 Å². The molecule has 4 heteroatoms. The van der Waals surface area contributed by atoms with Crippen LogP contribution in [0.2, 0.25) is 0 Å². The summed E-state index contributed by atoms with van der Waals surface area (Å²) in [6.45, 7) is 6.31. The van der Waals surface area contributed by atoms with Crippen LogP contribution in [0.25, 0.3) is 0 Å². The molecule has 1 aromatic rings. The van der Waals surface area contributed by atoms with Crippen molar-refractivity contribution in [1.29, 1.82) is 0 Å². The van der Waals surface area contributed by atoms with Crippen molar-refractivity contribution < 1.29 is 0 Å². The third kappa shape index (κ3) is 2.28. The molecule has 3 N–H and O–H groups in total. The molecule has 0 spiro atoms. The van der Waals surface area contributed by atoms with Gasteiger partial charge in [-0.2, -0.15) is 0 Å². The van der Waals surface area contributed by atoms with Crippen LogP contribution in [0.3, 0.4) is 0 Å². The molecule has 1 aromatic heterocycles. The van der Waals surface area contributed by atoms with Crippen LogP contribution in [0.5, 0.6) is 0 Å². The summed E-state index contributed by atoms with van der Waals surface area (Å²) in [6.07, 6.45) is 7.39. The van der Waals surface area contributed by atoms with Gasteiger partial charge in [-0.1, -0.05) is 6.92 Å². The van der Waals surface area contributed by atoms with Crippen LogP contribution in [0.4, 0.5) is 0 Å². The number of nitrogens with two attached hydrogens (primary N) is 1. The Morgan fingerprint density at radius 2 is 2.25 bits per heavy atom. The predicted octanol–water partition coefficient (Wildman–Crippen LogP) is 0.873. The Kier molecular flexibility index (Phi) is 3.61. The van der Waals surface area contributed by atoms with Gasteiger partial charge < -0.3 is 15.6 Å². The van der Waals surface area contributed by atoms with E-state index in [2.05, 4.69) is 21.8 Å². The van der Waals surface area contributed by atoms with Gasteiger partial charge in [0.1, 0.15) is 0 Å². The van der Waals surface area contributed by atoms with Crippen LogP contribution >= 0.6 is 0 Å². The average molecular weight is 222 g/mol. The molecule has 4 nitrogen and oxygen atoms in total. The lowest BCUT2D eigenvalue weighted by Gasteiger charge is -2.34. The minimum atomic E-state index is 0.288. The van der Waals surface area contributed by atoms with Crippen molar-refractivity contribution in [3.63, 3.8) is 0 Å². The highest BCUT2D eigenvalue weighted by molar-refractivity contribution is 5.15. The number of piperidine rings is 1. The van der Waals surface area contributed by atoms with Gasteiger partial charge >= 0.3 is 0 Å². The number of rotatable bonds is 4. The second-order valence-electron chi connectivity index (χ2n) is 4.93. The van der Waals surface area contributed by atoms with E-state index in [-0.39, 0.29) is 5.41 Å². The summed E-state index contributed by atoms with van der Waals surface area (Å²) in [5, 5.41) is 3.41. The summed E-state index contributed by atoms with van der Waals surface area (Å²) in [7, 11) is 0. The van der Waals surface area contributed by atoms with Crippen molar-refractivity contribution in [3.8, 4) is 0 Å². The Hall–Kier alpha value is -0.870. The van der Waals surface area contributed by atoms with Gasteiger partial charge in [0.2, 0.25) is 0 Å². The van der Waals surface area contributed by atoms with Gasteiger partial charge in [-0.25, -0.2) is 4.98 Å². The maximum absolute atomic E-state index is 5.56. The number of hydrogen-bond acceptors (Lipinski definition) is 3. The van der Waals surface area contributed by atoms with E-state index in [4.69, 9.17) is 5.73 Å². The first kappa shape index (κ1) is 11.6. The molecular formula is C12H22N4. The lowest BCUT2D eigenvalue weighted by Crippen LogP contribution is -2.39. The molecule has 16 heavy (non-hydrogen) atoms. The van der Waals surface area contributed by atoms with Gasteiger partial charge in [0.05, 0.1) is 6.33 Å². The Morgan fingerprint density at radius 1 is 1.50 bits per heavy atom. The van der Waals surface area contributed by atoms with Crippen molar-refractivity contribution in [2.24, 2.45) is 5.73 Å². The van der Waals surface area contributed by atoms with Crippen molar-refractivity contribution >= 4 is 0 Å². The van der Waals surface area contributed by atoms with E-state index in [1.54, 1.807) is 0 Å². The second kappa shape index (κ2) is 4.97. The zero-order valence-corrected chi connectivity index (χ0v) is 10.1. The summed E-state index contributed by atoms with van der Waals surface area (Å²) < 4.78 is 2.28. The summed E-state index contributed by atoms with van der Waals surface area (Å²) in [4.78, 5) is 4.30. The topological polar surface area (TPSA) is 55.9 Å². The molecule has 90 valence electrons. The van der Waals surface area contributed by atoms with E-state index in [9.17, 15) is 0 Å². The quantitative estimate of drug-likeness (QED) is 0.795. The fourth-order valence-electron chi connectivity index (χ4n) is 2.50. The second-order valence-corrected chi connectivity index (χ2v) is 4.93. The third-order valence-electron chi connectivity index (χ3n) is 3.64. The highest BCUT2D eigenvalue weighted by Gasteiger charge is 2.31. The predicted molar refractivity (Wildman–Crippen MR) is 65.4 cm³/mol. The minimum absolute atomic E-state index is 0.288. The first-order valence-corrected chi connectivity index (χ1v) is 6.18. The number of imidazole rings is 1. The molecule has 1 aliphatic heterocycles. The standard InChI is InChI=1S/C12H22N4/c1-12(3-6-14-7-4-12)11-9-15-10-16(11)8-2-5-13/h9-10,14H,2-8,13H2,1H3.